The Bertz CT molecular complexity index is 519. The molecule has 0 bridgehead atoms. The summed E-state index contributed by atoms with van der Waals surface area (Å²) in [6.07, 6.45) is 2.91. The fourth-order valence-electron chi connectivity index (χ4n) is 1.13. The van der Waals surface area contributed by atoms with Crippen molar-refractivity contribution in [2.24, 2.45) is 0 Å². The van der Waals surface area contributed by atoms with Crippen LogP contribution < -0.4 is 0 Å². The van der Waals surface area contributed by atoms with Crippen LogP contribution in [0.1, 0.15) is 5.56 Å². The van der Waals surface area contributed by atoms with E-state index in [9.17, 15) is 8.78 Å². The lowest BCUT2D eigenvalue weighted by Crippen LogP contribution is -1.91. The highest BCUT2D eigenvalue weighted by atomic mass is 32.2. The molecule has 0 saturated heterocycles. The van der Waals surface area contributed by atoms with Crippen LogP contribution in [0.25, 0.3) is 0 Å². The number of halogens is 2. The molecular formula is C11H8F2N2OS. The average molecular weight is 254 g/mol. The first-order chi connectivity index (χ1) is 8.19. The fraction of sp³-hybridized carbons (Fsp3) is 0.0909. The molecule has 6 heteroatoms. The molecule has 0 radical (unpaired) electrons. The van der Waals surface area contributed by atoms with Crippen molar-refractivity contribution in [2.75, 3.05) is 0 Å². The van der Waals surface area contributed by atoms with Crippen LogP contribution in [0.15, 0.2) is 40.6 Å². The molecule has 0 aliphatic heterocycles. The van der Waals surface area contributed by atoms with Gasteiger partial charge in [-0.3, -0.25) is 0 Å². The van der Waals surface area contributed by atoms with Crippen LogP contribution in [0.2, 0.25) is 0 Å². The lowest BCUT2D eigenvalue weighted by Gasteiger charge is -2.02. The molecule has 17 heavy (non-hydrogen) atoms. The highest BCUT2D eigenvalue weighted by Crippen LogP contribution is 2.27. The first-order valence-corrected chi connectivity index (χ1v) is 5.55. The Kier molecular flexibility index (Phi) is 3.65. The molecule has 1 aromatic carbocycles. The van der Waals surface area contributed by atoms with Crippen LogP contribution >= 0.6 is 11.8 Å². The molecule has 0 fully saturated rings. The van der Waals surface area contributed by atoms with Crippen LogP contribution in [-0.4, -0.2) is 15.1 Å². The van der Waals surface area contributed by atoms with Crippen molar-refractivity contribution in [1.29, 1.82) is 0 Å². The maximum atomic E-state index is 13.3. The standard InChI is InChI=1S/C11H8F2N2OS/c12-8-1-2-10(9(13)3-8)17-11-14-4-7(6-16)5-15-11/h1-5,16H,6H2. The van der Waals surface area contributed by atoms with E-state index in [1.807, 2.05) is 0 Å². The van der Waals surface area contributed by atoms with Gasteiger partial charge in [-0.15, -0.1) is 0 Å². The second kappa shape index (κ2) is 5.20. The number of rotatable bonds is 3. The lowest BCUT2D eigenvalue weighted by molar-refractivity contribution is 0.280. The molecule has 1 N–H and O–H groups in total. The van der Waals surface area contributed by atoms with E-state index >= 15 is 0 Å². The molecule has 0 aliphatic rings. The van der Waals surface area contributed by atoms with Crippen LogP contribution in [0.3, 0.4) is 0 Å². The normalized spacial score (nSPS) is 10.5. The van der Waals surface area contributed by atoms with Gasteiger partial charge in [-0.05, 0) is 23.9 Å². The van der Waals surface area contributed by atoms with E-state index in [1.54, 1.807) is 0 Å². The molecule has 0 saturated carbocycles. The zero-order valence-electron chi connectivity index (χ0n) is 8.60. The Balaban J connectivity index is 2.19. The van der Waals surface area contributed by atoms with E-state index in [1.165, 1.54) is 24.5 Å². The number of aliphatic hydroxyl groups is 1. The van der Waals surface area contributed by atoms with Gasteiger partial charge in [-0.25, -0.2) is 18.7 Å². The minimum Gasteiger partial charge on any atom is -0.392 e. The molecular weight excluding hydrogens is 246 g/mol. The molecule has 0 atom stereocenters. The predicted octanol–water partition coefficient (Wildman–Crippen LogP) is 2.40. The first kappa shape index (κ1) is 11.9. The van der Waals surface area contributed by atoms with Crippen LogP contribution in [-0.2, 0) is 6.61 Å². The van der Waals surface area contributed by atoms with Gasteiger partial charge in [0.05, 0.1) is 11.5 Å². The van der Waals surface area contributed by atoms with Crippen molar-refractivity contribution in [3.8, 4) is 0 Å². The van der Waals surface area contributed by atoms with Gasteiger partial charge < -0.3 is 5.11 Å². The van der Waals surface area contributed by atoms with Gasteiger partial charge in [0, 0.05) is 24.0 Å². The van der Waals surface area contributed by atoms with Crippen molar-refractivity contribution in [3.63, 3.8) is 0 Å². The average Bonchev–Trinajstić information content (AvgIpc) is 2.34. The molecule has 0 spiro atoms. The van der Waals surface area contributed by atoms with Gasteiger partial charge in [0.15, 0.2) is 5.16 Å². The molecule has 2 rings (SSSR count). The zero-order valence-corrected chi connectivity index (χ0v) is 9.42. The second-order valence-electron chi connectivity index (χ2n) is 3.21. The third kappa shape index (κ3) is 2.98. The quantitative estimate of drug-likeness (QED) is 0.854. The maximum absolute atomic E-state index is 13.3. The number of nitrogens with zero attached hydrogens (tertiary/aromatic N) is 2. The van der Waals surface area contributed by atoms with Crippen LogP contribution in [0.5, 0.6) is 0 Å². The second-order valence-corrected chi connectivity index (χ2v) is 4.22. The van der Waals surface area contributed by atoms with E-state index < -0.39 is 11.6 Å². The van der Waals surface area contributed by atoms with E-state index in [0.29, 0.717) is 10.7 Å². The summed E-state index contributed by atoms with van der Waals surface area (Å²) in [6, 6.07) is 3.32. The van der Waals surface area contributed by atoms with E-state index in [-0.39, 0.29) is 11.5 Å². The monoisotopic (exact) mass is 254 g/mol. The van der Waals surface area contributed by atoms with Crippen LogP contribution in [0, 0.1) is 11.6 Å². The largest absolute Gasteiger partial charge is 0.392 e. The number of aliphatic hydroxyl groups excluding tert-OH is 1. The Morgan fingerprint density at radius 3 is 2.47 bits per heavy atom. The number of hydrogen-bond acceptors (Lipinski definition) is 4. The summed E-state index contributed by atoms with van der Waals surface area (Å²) in [7, 11) is 0. The van der Waals surface area contributed by atoms with Crippen molar-refractivity contribution in [2.45, 2.75) is 16.7 Å². The summed E-state index contributed by atoms with van der Waals surface area (Å²) in [5.74, 6) is -1.27. The Morgan fingerprint density at radius 1 is 1.18 bits per heavy atom. The van der Waals surface area contributed by atoms with E-state index in [2.05, 4.69) is 9.97 Å². The van der Waals surface area contributed by atoms with Gasteiger partial charge in [-0.1, -0.05) is 0 Å². The van der Waals surface area contributed by atoms with Crippen molar-refractivity contribution < 1.29 is 13.9 Å². The maximum Gasteiger partial charge on any atom is 0.192 e. The third-order valence-corrected chi connectivity index (χ3v) is 2.90. The molecule has 88 valence electrons. The van der Waals surface area contributed by atoms with Gasteiger partial charge in [0.2, 0.25) is 0 Å². The number of benzene rings is 1. The third-order valence-electron chi connectivity index (χ3n) is 1.96. The summed E-state index contributed by atoms with van der Waals surface area (Å²) in [5.41, 5.74) is 0.578. The predicted molar refractivity (Wildman–Crippen MR) is 58.4 cm³/mol. The Hall–Kier alpha value is -1.53. The van der Waals surface area contributed by atoms with Crippen LogP contribution in [0.4, 0.5) is 8.78 Å². The Morgan fingerprint density at radius 2 is 1.88 bits per heavy atom. The smallest absolute Gasteiger partial charge is 0.192 e. The highest BCUT2D eigenvalue weighted by molar-refractivity contribution is 7.99. The van der Waals surface area contributed by atoms with E-state index in [4.69, 9.17) is 5.11 Å². The summed E-state index contributed by atoms with van der Waals surface area (Å²) < 4.78 is 26.0. The summed E-state index contributed by atoms with van der Waals surface area (Å²) in [4.78, 5) is 8.13. The molecule has 3 nitrogen and oxygen atoms in total. The summed E-state index contributed by atoms with van der Waals surface area (Å²) >= 11 is 0.997. The van der Waals surface area contributed by atoms with Gasteiger partial charge in [0.1, 0.15) is 11.6 Å². The summed E-state index contributed by atoms with van der Waals surface area (Å²) in [6.45, 7) is -0.143. The van der Waals surface area contributed by atoms with Crippen molar-refractivity contribution in [1.82, 2.24) is 9.97 Å². The molecule has 0 amide bonds. The SMILES string of the molecule is OCc1cnc(Sc2ccc(F)cc2F)nc1. The zero-order chi connectivity index (χ0) is 12.3. The molecule has 0 aliphatic carbocycles. The van der Waals surface area contributed by atoms with E-state index in [0.717, 1.165) is 17.8 Å². The minimum absolute atomic E-state index is 0.143. The summed E-state index contributed by atoms with van der Waals surface area (Å²) in [5, 5.41) is 9.14. The van der Waals surface area contributed by atoms with Gasteiger partial charge >= 0.3 is 0 Å². The van der Waals surface area contributed by atoms with Crippen molar-refractivity contribution >= 4 is 11.8 Å². The molecule has 2 aromatic rings. The highest BCUT2D eigenvalue weighted by Gasteiger charge is 2.07. The Labute approximate surface area is 101 Å². The van der Waals surface area contributed by atoms with Crippen molar-refractivity contribution in [3.05, 3.63) is 47.8 Å². The van der Waals surface area contributed by atoms with Gasteiger partial charge in [-0.2, -0.15) is 0 Å². The molecule has 0 unspecified atom stereocenters. The lowest BCUT2D eigenvalue weighted by atomic mass is 10.3. The molecule has 1 aromatic heterocycles. The number of aromatic nitrogens is 2. The topological polar surface area (TPSA) is 46.0 Å². The fourth-order valence-corrected chi connectivity index (χ4v) is 1.83. The first-order valence-electron chi connectivity index (χ1n) is 4.73. The number of hydrogen-bond donors (Lipinski definition) is 1. The van der Waals surface area contributed by atoms with Gasteiger partial charge in [0.25, 0.3) is 0 Å². The molecule has 1 heterocycles. The minimum atomic E-state index is -0.648.